The van der Waals surface area contributed by atoms with Gasteiger partial charge in [-0.15, -0.1) is 0 Å². The topological polar surface area (TPSA) is 8.17 Å². The molecule has 1 aromatic heterocycles. The van der Waals surface area contributed by atoms with Crippen LogP contribution in [0.4, 0.5) is 17.1 Å². The molecule has 1 heterocycles. The van der Waals surface area contributed by atoms with Crippen LogP contribution in [0.2, 0.25) is 0 Å². The van der Waals surface area contributed by atoms with E-state index in [-0.39, 0.29) is 0 Å². The minimum Gasteiger partial charge on any atom is -0.309 e. The molecule has 0 spiro atoms. The Morgan fingerprint density at radius 1 is 0.354 bits per heavy atom. The van der Waals surface area contributed by atoms with E-state index < -0.39 is 0 Å². The summed E-state index contributed by atoms with van der Waals surface area (Å²) in [5.41, 5.74) is 11.7. The Morgan fingerprint density at radius 2 is 0.812 bits per heavy atom. The quantitative estimate of drug-likeness (QED) is 0.181. The zero-order chi connectivity index (χ0) is 31.9. The lowest BCUT2D eigenvalue weighted by Gasteiger charge is -2.28. The molecule has 0 radical (unpaired) electrons. The highest BCUT2D eigenvalue weighted by Gasteiger charge is 2.24. The average molecular weight is 613 g/mol. The van der Waals surface area contributed by atoms with Crippen molar-refractivity contribution < 1.29 is 0 Å². The molecule has 0 aliphatic carbocycles. The van der Waals surface area contributed by atoms with E-state index in [1.165, 1.54) is 60.5 Å². The van der Waals surface area contributed by atoms with Crippen LogP contribution in [0.1, 0.15) is 0 Å². The van der Waals surface area contributed by atoms with Crippen LogP contribution in [0.25, 0.3) is 60.5 Å². The summed E-state index contributed by atoms with van der Waals surface area (Å²) >= 11 is 0. The zero-order valence-electron chi connectivity index (χ0n) is 26.4. The van der Waals surface area contributed by atoms with Crippen LogP contribution >= 0.6 is 0 Å². The molecule has 0 saturated carbocycles. The van der Waals surface area contributed by atoms with Crippen LogP contribution in [-0.4, -0.2) is 4.57 Å². The molecule has 0 bridgehead atoms. The molecular weight excluding hydrogens is 581 g/mol. The van der Waals surface area contributed by atoms with Crippen LogP contribution in [0, 0.1) is 0 Å². The summed E-state index contributed by atoms with van der Waals surface area (Å²) < 4.78 is 2.41. The highest BCUT2D eigenvalue weighted by atomic mass is 15.1. The summed E-state index contributed by atoms with van der Waals surface area (Å²) in [4.78, 5) is 2.45. The van der Waals surface area contributed by atoms with Gasteiger partial charge < -0.3 is 9.47 Å². The summed E-state index contributed by atoms with van der Waals surface area (Å²) in [6, 6.07) is 69.9. The van der Waals surface area contributed by atoms with Crippen molar-refractivity contribution in [1.82, 2.24) is 4.57 Å². The second-order valence-electron chi connectivity index (χ2n) is 12.2. The molecule has 2 nitrogen and oxygen atoms in total. The van der Waals surface area contributed by atoms with Crippen LogP contribution in [0.5, 0.6) is 0 Å². The van der Waals surface area contributed by atoms with Gasteiger partial charge in [0.1, 0.15) is 0 Å². The van der Waals surface area contributed by atoms with Gasteiger partial charge in [0, 0.05) is 33.2 Å². The van der Waals surface area contributed by atoms with E-state index in [1.807, 2.05) is 0 Å². The molecule has 9 aromatic rings. The number of anilines is 3. The maximum absolute atomic E-state index is 2.45. The Balaban J connectivity index is 1.35. The number of benzene rings is 8. The smallest absolute Gasteiger partial charge is 0.0640 e. The van der Waals surface area contributed by atoms with E-state index >= 15 is 0 Å². The summed E-state index contributed by atoms with van der Waals surface area (Å²) in [6.07, 6.45) is 0. The standard InChI is InChI=1S/C46H32N2/c1-4-14-33(15-5-1)35-24-28-39(29-25-35)47(40-30-26-36(27-31-40)34-16-6-2-7-17-34)46-41-21-11-10-18-37(41)32-44-45(46)42-22-12-13-23-43(42)48(44)38-19-8-3-9-20-38/h1-32H. The first kappa shape index (κ1) is 27.9. The zero-order valence-corrected chi connectivity index (χ0v) is 26.4. The van der Waals surface area contributed by atoms with E-state index in [9.17, 15) is 0 Å². The van der Waals surface area contributed by atoms with E-state index in [0.29, 0.717) is 0 Å². The first-order valence-electron chi connectivity index (χ1n) is 16.4. The van der Waals surface area contributed by atoms with Crippen molar-refractivity contribution in [2.24, 2.45) is 0 Å². The van der Waals surface area contributed by atoms with Crippen molar-refractivity contribution in [2.75, 3.05) is 4.90 Å². The van der Waals surface area contributed by atoms with Gasteiger partial charge in [-0.25, -0.2) is 0 Å². The van der Waals surface area contributed by atoms with Crippen molar-refractivity contribution in [3.05, 3.63) is 194 Å². The molecule has 226 valence electrons. The van der Waals surface area contributed by atoms with Crippen molar-refractivity contribution in [3.8, 4) is 27.9 Å². The second kappa shape index (κ2) is 11.8. The minimum absolute atomic E-state index is 1.11. The van der Waals surface area contributed by atoms with E-state index in [0.717, 1.165) is 17.1 Å². The average Bonchev–Trinajstić information content (AvgIpc) is 3.50. The molecule has 0 aliphatic heterocycles. The van der Waals surface area contributed by atoms with E-state index in [1.54, 1.807) is 0 Å². The lowest BCUT2D eigenvalue weighted by atomic mass is 9.99. The van der Waals surface area contributed by atoms with Gasteiger partial charge in [0.2, 0.25) is 0 Å². The van der Waals surface area contributed by atoms with E-state index in [2.05, 4.69) is 204 Å². The molecule has 0 aliphatic rings. The third-order valence-electron chi connectivity index (χ3n) is 9.36. The minimum atomic E-state index is 1.11. The van der Waals surface area contributed by atoms with Gasteiger partial charge in [-0.2, -0.15) is 0 Å². The third-order valence-corrected chi connectivity index (χ3v) is 9.36. The molecule has 48 heavy (non-hydrogen) atoms. The summed E-state index contributed by atoms with van der Waals surface area (Å²) in [7, 11) is 0. The van der Waals surface area contributed by atoms with Crippen molar-refractivity contribution in [3.63, 3.8) is 0 Å². The van der Waals surface area contributed by atoms with Crippen LogP contribution < -0.4 is 4.90 Å². The molecule has 0 N–H and O–H groups in total. The van der Waals surface area contributed by atoms with Crippen molar-refractivity contribution >= 4 is 49.6 Å². The predicted octanol–water partition coefficient (Wildman–Crippen LogP) is 12.7. The second-order valence-corrected chi connectivity index (χ2v) is 12.2. The third kappa shape index (κ3) is 4.74. The molecule has 0 unspecified atom stereocenters. The predicted molar refractivity (Wildman–Crippen MR) is 204 cm³/mol. The van der Waals surface area contributed by atoms with Gasteiger partial charge in [-0.05, 0) is 76.2 Å². The maximum atomic E-state index is 2.45. The fourth-order valence-corrected chi connectivity index (χ4v) is 7.13. The molecule has 0 saturated heterocycles. The Bertz CT molecular complexity index is 2430. The van der Waals surface area contributed by atoms with E-state index in [4.69, 9.17) is 0 Å². The molecule has 0 fully saturated rings. The molecule has 2 heteroatoms. The molecular formula is C46H32N2. The molecule has 8 aromatic carbocycles. The number of rotatable bonds is 6. The highest BCUT2D eigenvalue weighted by molar-refractivity contribution is 6.24. The molecule has 0 atom stereocenters. The highest BCUT2D eigenvalue weighted by Crippen LogP contribution is 2.48. The normalized spacial score (nSPS) is 11.3. The Labute approximate surface area is 280 Å². The summed E-state index contributed by atoms with van der Waals surface area (Å²) in [6.45, 7) is 0. The van der Waals surface area contributed by atoms with Gasteiger partial charge in [0.25, 0.3) is 0 Å². The van der Waals surface area contributed by atoms with Gasteiger partial charge in [-0.1, -0.05) is 146 Å². The van der Waals surface area contributed by atoms with Gasteiger partial charge >= 0.3 is 0 Å². The molecule has 9 rings (SSSR count). The lowest BCUT2D eigenvalue weighted by molar-refractivity contribution is 1.18. The Hall–Kier alpha value is -6.38. The van der Waals surface area contributed by atoms with Crippen LogP contribution in [0.15, 0.2) is 194 Å². The van der Waals surface area contributed by atoms with Crippen molar-refractivity contribution in [2.45, 2.75) is 0 Å². The first-order valence-corrected chi connectivity index (χ1v) is 16.4. The Kier molecular flexibility index (Phi) is 6.84. The monoisotopic (exact) mass is 612 g/mol. The number of nitrogens with zero attached hydrogens (tertiary/aromatic N) is 2. The fourth-order valence-electron chi connectivity index (χ4n) is 7.13. The Morgan fingerprint density at radius 3 is 1.40 bits per heavy atom. The first-order chi connectivity index (χ1) is 23.8. The fraction of sp³-hybridized carbons (Fsp3) is 0. The SMILES string of the molecule is c1ccc(-c2ccc(N(c3ccc(-c4ccccc4)cc3)c3c4ccccc4cc4c3c3ccccc3n4-c3ccccc3)cc2)cc1. The number of hydrogen-bond donors (Lipinski definition) is 0. The largest absolute Gasteiger partial charge is 0.309 e. The summed E-state index contributed by atoms with van der Waals surface area (Å²) in [5.74, 6) is 0. The van der Waals surface area contributed by atoms with Gasteiger partial charge in [-0.3, -0.25) is 0 Å². The number of fused-ring (bicyclic) bond motifs is 4. The maximum Gasteiger partial charge on any atom is 0.0640 e. The number of para-hydroxylation sites is 2. The van der Waals surface area contributed by atoms with Crippen LogP contribution in [0.3, 0.4) is 0 Å². The van der Waals surface area contributed by atoms with Gasteiger partial charge in [0.05, 0.1) is 16.7 Å². The van der Waals surface area contributed by atoms with Gasteiger partial charge in [0.15, 0.2) is 0 Å². The van der Waals surface area contributed by atoms with Crippen LogP contribution in [-0.2, 0) is 0 Å². The lowest BCUT2D eigenvalue weighted by Crippen LogP contribution is -2.11. The molecule has 0 amide bonds. The number of hydrogen-bond acceptors (Lipinski definition) is 1. The number of aromatic nitrogens is 1. The van der Waals surface area contributed by atoms with Crippen molar-refractivity contribution in [1.29, 1.82) is 0 Å². The summed E-state index contributed by atoms with van der Waals surface area (Å²) in [5, 5.41) is 4.86.